The molecule has 3 aromatic rings. The van der Waals surface area contributed by atoms with E-state index in [4.69, 9.17) is 11.6 Å². The van der Waals surface area contributed by atoms with E-state index in [1.165, 1.54) is 0 Å². The number of anilines is 3. The molecule has 0 aliphatic carbocycles. The number of hydrogen-bond donors (Lipinski definition) is 2. The molecule has 0 heterocycles. The highest BCUT2D eigenvalue weighted by Crippen LogP contribution is 2.19. The zero-order valence-electron chi connectivity index (χ0n) is 12.3. The fourth-order valence-electron chi connectivity index (χ4n) is 2.16. The Hall–Kier alpha value is -2.78. The molecular formula is C19H15ClN2O. The van der Waals surface area contributed by atoms with Gasteiger partial charge in [0.2, 0.25) is 0 Å². The first-order chi connectivity index (χ1) is 11.2. The molecule has 0 spiro atoms. The van der Waals surface area contributed by atoms with Gasteiger partial charge in [-0.25, -0.2) is 0 Å². The fourth-order valence-corrected chi connectivity index (χ4v) is 2.35. The van der Waals surface area contributed by atoms with E-state index in [1.54, 1.807) is 24.3 Å². The van der Waals surface area contributed by atoms with Crippen molar-refractivity contribution >= 4 is 34.6 Å². The first-order valence-electron chi connectivity index (χ1n) is 7.20. The van der Waals surface area contributed by atoms with E-state index in [0.29, 0.717) is 10.6 Å². The number of amides is 1. The molecule has 0 aliphatic heterocycles. The third kappa shape index (κ3) is 4.11. The molecule has 3 aromatic carbocycles. The summed E-state index contributed by atoms with van der Waals surface area (Å²) in [5.74, 6) is -0.184. The molecule has 114 valence electrons. The monoisotopic (exact) mass is 322 g/mol. The van der Waals surface area contributed by atoms with Crippen LogP contribution in [0.25, 0.3) is 0 Å². The molecule has 0 saturated carbocycles. The minimum absolute atomic E-state index is 0.184. The van der Waals surface area contributed by atoms with Gasteiger partial charge >= 0.3 is 0 Å². The van der Waals surface area contributed by atoms with E-state index in [2.05, 4.69) is 10.6 Å². The van der Waals surface area contributed by atoms with Crippen molar-refractivity contribution in [3.63, 3.8) is 0 Å². The molecule has 0 atom stereocenters. The maximum atomic E-state index is 12.2. The normalized spacial score (nSPS) is 10.1. The number of rotatable bonds is 4. The average molecular weight is 323 g/mol. The Morgan fingerprint density at radius 1 is 0.739 bits per heavy atom. The van der Waals surface area contributed by atoms with E-state index in [0.717, 1.165) is 17.1 Å². The zero-order valence-corrected chi connectivity index (χ0v) is 13.0. The molecule has 0 radical (unpaired) electrons. The minimum Gasteiger partial charge on any atom is -0.356 e. The van der Waals surface area contributed by atoms with Gasteiger partial charge in [-0.15, -0.1) is 0 Å². The molecule has 3 nitrogen and oxygen atoms in total. The van der Waals surface area contributed by atoms with E-state index in [1.807, 2.05) is 54.6 Å². The second kappa shape index (κ2) is 6.99. The van der Waals surface area contributed by atoms with Crippen LogP contribution in [-0.2, 0) is 0 Å². The third-order valence-electron chi connectivity index (χ3n) is 3.29. The Bertz CT molecular complexity index is 801. The molecule has 0 unspecified atom stereocenters. The summed E-state index contributed by atoms with van der Waals surface area (Å²) in [6.07, 6.45) is 0. The van der Waals surface area contributed by atoms with Gasteiger partial charge in [-0.3, -0.25) is 4.79 Å². The van der Waals surface area contributed by atoms with E-state index < -0.39 is 0 Å². The van der Waals surface area contributed by atoms with Gasteiger partial charge < -0.3 is 10.6 Å². The summed E-state index contributed by atoms with van der Waals surface area (Å²) >= 11 is 5.90. The van der Waals surface area contributed by atoms with Crippen molar-refractivity contribution in [2.45, 2.75) is 0 Å². The first-order valence-corrected chi connectivity index (χ1v) is 7.57. The van der Waals surface area contributed by atoms with Gasteiger partial charge in [-0.05, 0) is 54.6 Å². The molecule has 0 fully saturated rings. The van der Waals surface area contributed by atoms with Crippen LogP contribution in [0.5, 0.6) is 0 Å². The van der Waals surface area contributed by atoms with Gasteiger partial charge in [0.05, 0.1) is 0 Å². The summed E-state index contributed by atoms with van der Waals surface area (Å²) in [6.45, 7) is 0. The van der Waals surface area contributed by atoms with E-state index >= 15 is 0 Å². The van der Waals surface area contributed by atoms with Gasteiger partial charge in [0.25, 0.3) is 5.91 Å². The summed E-state index contributed by atoms with van der Waals surface area (Å²) < 4.78 is 0. The second-order valence-electron chi connectivity index (χ2n) is 5.03. The van der Waals surface area contributed by atoms with Gasteiger partial charge in [0.1, 0.15) is 0 Å². The first kappa shape index (κ1) is 15.1. The van der Waals surface area contributed by atoms with Gasteiger partial charge in [0, 0.05) is 27.6 Å². The number of benzene rings is 3. The van der Waals surface area contributed by atoms with Gasteiger partial charge in [-0.2, -0.15) is 0 Å². The molecule has 0 bridgehead atoms. The number of carbonyl (C=O) groups excluding carboxylic acids is 1. The van der Waals surface area contributed by atoms with Crippen molar-refractivity contribution in [3.8, 4) is 0 Å². The molecule has 0 aliphatic rings. The number of halogens is 1. The topological polar surface area (TPSA) is 41.1 Å². The Morgan fingerprint density at radius 3 is 2.09 bits per heavy atom. The van der Waals surface area contributed by atoms with Crippen LogP contribution in [0.2, 0.25) is 5.02 Å². The van der Waals surface area contributed by atoms with Crippen molar-refractivity contribution in [1.82, 2.24) is 0 Å². The Balaban J connectivity index is 1.67. The van der Waals surface area contributed by atoms with Crippen LogP contribution in [0.4, 0.5) is 17.1 Å². The molecule has 1 amide bonds. The van der Waals surface area contributed by atoms with Gasteiger partial charge in [-0.1, -0.05) is 35.9 Å². The predicted octanol–water partition coefficient (Wildman–Crippen LogP) is 5.34. The molecule has 0 saturated heterocycles. The fraction of sp³-hybridized carbons (Fsp3) is 0. The smallest absolute Gasteiger partial charge is 0.255 e. The quantitative estimate of drug-likeness (QED) is 0.681. The van der Waals surface area contributed by atoms with Crippen molar-refractivity contribution in [2.75, 3.05) is 10.6 Å². The van der Waals surface area contributed by atoms with Crippen LogP contribution >= 0.6 is 11.6 Å². The second-order valence-corrected chi connectivity index (χ2v) is 5.47. The average Bonchev–Trinajstić information content (AvgIpc) is 2.57. The molecule has 23 heavy (non-hydrogen) atoms. The number of nitrogens with one attached hydrogen (secondary N) is 2. The summed E-state index contributed by atoms with van der Waals surface area (Å²) in [7, 11) is 0. The molecular weight excluding hydrogens is 308 g/mol. The van der Waals surface area contributed by atoms with Gasteiger partial charge in [0.15, 0.2) is 0 Å². The third-order valence-corrected chi connectivity index (χ3v) is 3.53. The van der Waals surface area contributed by atoms with Crippen molar-refractivity contribution in [2.24, 2.45) is 0 Å². The lowest BCUT2D eigenvalue weighted by atomic mass is 10.2. The number of hydrogen-bond acceptors (Lipinski definition) is 2. The highest BCUT2D eigenvalue weighted by Gasteiger charge is 2.06. The lowest BCUT2D eigenvalue weighted by Crippen LogP contribution is -2.11. The zero-order chi connectivity index (χ0) is 16.1. The molecule has 4 heteroatoms. The summed E-state index contributed by atoms with van der Waals surface area (Å²) in [5, 5.41) is 6.69. The predicted molar refractivity (Wildman–Crippen MR) is 95.6 cm³/mol. The standard InChI is InChI=1S/C19H15ClN2O/c20-15-6-4-5-14(13-15)19(23)22-18-11-9-17(10-12-18)21-16-7-2-1-3-8-16/h1-13,21H,(H,22,23). The van der Waals surface area contributed by atoms with E-state index in [-0.39, 0.29) is 5.91 Å². The van der Waals surface area contributed by atoms with Crippen molar-refractivity contribution < 1.29 is 4.79 Å². The van der Waals surface area contributed by atoms with Crippen LogP contribution in [0.15, 0.2) is 78.9 Å². The highest BCUT2D eigenvalue weighted by molar-refractivity contribution is 6.31. The lowest BCUT2D eigenvalue weighted by Gasteiger charge is -2.09. The van der Waals surface area contributed by atoms with E-state index in [9.17, 15) is 4.79 Å². The van der Waals surface area contributed by atoms with Crippen LogP contribution in [-0.4, -0.2) is 5.91 Å². The van der Waals surface area contributed by atoms with Crippen molar-refractivity contribution in [3.05, 3.63) is 89.4 Å². The number of carbonyl (C=O) groups is 1. The maximum absolute atomic E-state index is 12.2. The lowest BCUT2D eigenvalue weighted by molar-refractivity contribution is 0.102. The van der Waals surface area contributed by atoms with Crippen LogP contribution in [0.3, 0.4) is 0 Å². The summed E-state index contributed by atoms with van der Waals surface area (Å²) in [5.41, 5.74) is 3.23. The molecule has 0 aromatic heterocycles. The Morgan fingerprint density at radius 2 is 1.39 bits per heavy atom. The Kier molecular flexibility index (Phi) is 4.60. The van der Waals surface area contributed by atoms with Crippen LogP contribution in [0.1, 0.15) is 10.4 Å². The SMILES string of the molecule is O=C(Nc1ccc(Nc2ccccc2)cc1)c1cccc(Cl)c1. The summed E-state index contributed by atoms with van der Waals surface area (Å²) in [4.78, 5) is 12.2. The largest absolute Gasteiger partial charge is 0.356 e. The Labute approximate surface area is 139 Å². The highest BCUT2D eigenvalue weighted by atomic mass is 35.5. The van der Waals surface area contributed by atoms with Crippen molar-refractivity contribution in [1.29, 1.82) is 0 Å². The summed E-state index contributed by atoms with van der Waals surface area (Å²) in [6, 6.07) is 24.3. The minimum atomic E-state index is -0.184. The molecule has 3 rings (SSSR count). The molecule has 2 N–H and O–H groups in total. The van der Waals surface area contributed by atoms with Crippen LogP contribution < -0.4 is 10.6 Å². The number of para-hydroxylation sites is 1. The van der Waals surface area contributed by atoms with Crippen LogP contribution in [0, 0.1) is 0 Å². The maximum Gasteiger partial charge on any atom is 0.255 e.